The van der Waals surface area contributed by atoms with Crippen molar-refractivity contribution in [1.29, 1.82) is 0 Å². The van der Waals surface area contributed by atoms with Crippen molar-refractivity contribution >= 4 is 17.7 Å². The summed E-state index contributed by atoms with van der Waals surface area (Å²) in [4.78, 5) is 16.0. The maximum Gasteiger partial charge on any atom is 0.251 e. The molecule has 5 heteroatoms. The Hall–Kier alpha value is -1.72. The third-order valence-electron chi connectivity index (χ3n) is 4.85. The van der Waals surface area contributed by atoms with Crippen LogP contribution < -0.4 is 5.32 Å². The maximum atomic E-state index is 12.5. The summed E-state index contributed by atoms with van der Waals surface area (Å²) in [7, 11) is 0. The number of carbonyl (C=O) groups is 1. The number of hydrogen-bond acceptors (Lipinski definition) is 4. The van der Waals surface area contributed by atoms with Crippen LogP contribution in [-0.2, 0) is 0 Å². The van der Waals surface area contributed by atoms with Crippen LogP contribution in [0.4, 0.5) is 0 Å². The lowest BCUT2D eigenvalue weighted by Crippen LogP contribution is -2.47. The van der Waals surface area contributed by atoms with E-state index in [1.165, 1.54) is 19.5 Å². The summed E-state index contributed by atoms with van der Waals surface area (Å²) >= 11 is 1.57. The molecule has 4 rings (SSSR count). The molecule has 2 aliphatic rings. The molecule has 0 radical (unpaired) electrons. The van der Waals surface area contributed by atoms with E-state index in [9.17, 15) is 4.79 Å². The molecule has 2 bridgehead atoms. The highest BCUT2D eigenvalue weighted by Crippen LogP contribution is 2.29. The highest BCUT2D eigenvalue weighted by Gasteiger charge is 2.32. The predicted molar refractivity (Wildman–Crippen MR) is 94.4 cm³/mol. The van der Waals surface area contributed by atoms with Gasteiger partial charge in [-0.05, 0) is 68.6 Å². The number of hydrogen-bond donors (Lipinski definition) is 1. The van der Waals surface area contributed by atoms with Gasteiger partial charge in [0.25, 0.3) is 5.91 Å². The third kappa shape index (κ3) is 3.52. The van der Waals surface area contributed by atoms with E-state index in [2.05, 4.69) is 10.2 Å². The number of amides is 1. The van der Waals surface area contributed by atoms with Crippen LogP contribution >= 0.6 is 11.8 Å². The number of fused-ring (bicyclic) bond motifs is 2. The van der Waals surface area contributed by atoms with Crippen molar-refractivity contribution in [3.8, 4) is 0 Å². The van der Waals surface area contributed by atoms with Gasteiger partial charge < -0.3 is 14.6 Å². The number of furan rings is 1. The number of piperidine rings is 1. The molecule has 2 aliphatic heterocycles. The van der Waals surface area contributed by atoms with Crippen LogP contribution in [0.1, 0.15) is 29.0 Å². The average molecular weight is 342 g/mol. The van der Waals surface area contributed by atoms with Gasteiger partial charge in [-0.1, -0.05) is 11.8 Å². The van der Waals surface area contributed by atoms with Gasteiger partial charge >= 0.3 is 0 Å². The zero-order valence-corrected chi connectivity index (χ0v) is 14.6. The Morgan fingerprint density at radius 1 is 1.21 bits per heavy atom. The molecular weight excluding hydrogens is 320 g/mol. The molecule has 1 aromatic carbocycles. The molecule has 1 aromatic heterocycles. The third-order valence-corrected chi connectivity index (χ3v) is 5.78. The summed E-state index contributed by atoms with van der Waals surface area (Å²) in [5, 5.41) is 4.07. The molecule has 2 saturated heterocycles. The van der Waals surface area contributed by atoms with E-state index in [0.717, 1.165) is 40.2 Å². The van der Waals surface area contributed by atoms with Crippen molar-refractivity contribution in [2.75, 3.05) is 19.6 Å². The molecule has 1 amide bonds. The van der Waals surface area contributed by atoms with Crippen LogP contribution in [0, 0.1) is 12.8 Å². The Morgan fingerprint density at radius 3 is 2.75 bits per heavy atom. The summed E-state index contributed by atoms with van der Waals surface area (Å²) in [5.74, 6) is 1.71. The molecule has 0 saturated carbocycles. The lowest BCUT2D eigenvalue weighted by atomic mass is 9.96. The number of rotatable bonds is 4. The summed E-state index contributed by atoms with van der Waals surface area (Å²) in [6, 6.07) is 12.0. The molecule has 0 aliphatic carbocycles. The lowest BCUT2D eigenvalue weighted by molar-refractivity contribution is 0.0909. The van der Waals surface area contributed by atoms with Crippen molar-refractivity contribution < 1.29 is 9.21 Å². The summed E-state index contributed by atoms with van der Waals surface area (Å²) in [6.07, 6.45) is 2.40. The largest absolute Gasteiger partial charge is 0.455 e. The van der Waals surface area contributed by atoms with Gasteiger partial charge in [-0.2, -0.15) is 0 Å². The van der Waals surface area contributed by atoms with Crippen LogP contribution in [0.25, 0.3) is 0 Å². The fourth-order valence-electron chi connectivity index (χ4n) is 3.69. The molecule has 126 valence electrons. The Balaban J connectivity index is 1.36. The van der Waals surface area contributed by atoms with E-state index in [0.29, 0.717) is 6.04 Å². The molecule has 2 fully saturated rings. The number of carbonyl (C=O) groups excluding carboxylic acids is 1. The van der Waals surface area contributed by atoms with Gasteiger partial charge in [0.2, 0.25) is 0 Å². The fraction of sp³-hybridized carbons (Fsp3) is 0.421. The normalized spacial score (nSPS) is 25.6. The number of benzene rings is 1. The summed E-state index contributed by atoms with van der Waals surface area (Å²) < 4.78 is 5.57. The van der Waals surface area contributed by atoms with E-state index < -0.39 is 0 Å². The maximum absolute atomic E-state index is 12.5. The monoisotopic (exact) mass is 342 g/mol. The number of nitrogens with zero attached hydrogens (tertiary/aromatic N) is 1. The Bertz CT molecular complexity index is 713. The second kappa shape index (κ2) is 6.65. The van der Waals surface area contributed by atoms with Crippen molar-refractivity contribution in [2.24, 2.45) is 5.92 Å². The molecule has 4 nitrogen and oxygen atoms in total. The second-order valence-electron chi connectivity index (χ2n) is 6.81. The van der Waals surface area contributed by atoms with Crippen molar-refractivity contribution in [3.05, 3.63) is 47.7 Å². The van der Waals surface area contributed by atoms with Gasteiger partial charge in [0.05, 0.1) is 0 Å². The number of nitrogens with one attached hydrogen (secondary N) is 1. The van der Waals surface area contributed by atoms with E-state index >= 15 is 0 Å². The number of aryl methyl sites for hydroxylation is 1. The van der Waals surface area contributed by atoms with Crippen molar-refractivity contribution in [1.82, 2.24) is 10.2 Å². The van der Waals surface area contributed by atoms with Crippen LogP contribution in [0.2, 0.25) is 0 Å². The Kier molecular flexibility index (Phi) is 4.37. The standard InChI is InChI=1S/C19H22N2O2S/c1-13-2-7-18(23-13)24-17-5-3-15(4-6-17)19(22)20-16-10-14-8-9-21(11-14)12-16/h2-7,14,16H,8-12H2,1H3,(H,20,22). The lowest BCUT2D eigenvalue weighted by Gasteiger charge is -2.30. The van der Waals surface area contributed by atoms with E-state index in [-0.39, 0.29) is 5.91 Å². The minimum atomic E-state index is 0.0351. The van der Waals surface area contributed by atoms with E-state index in [1.54, 1.807) is 11.8 Å². The zero-order chi connectivity index (χ0) is 16.5. The zero-order valence-electron chi connectivity index (χ0n) is 13.8. The predicted octanol–water partition coefficient (Wildman–Crippen LogP) is 3.56. The van der Waals surface area contributed by atoms with Gasteiger partial charge in [0, 0.05) is 29.6 Å². The molecular formula is C19H22N2O2S. The topological polar surface area (TPSA) is 45.5 Å². The van der Waals surface area contributed by atoms with Gasteiger partial charge in [0.1, 0.15) is 5.76 Å². The average Bonchev–Trinajstić information content (AvgIpc) is 3.13. The molecule has 2 aromatic rings. The Morgan fingerprint density at radius 2 is 2.04 bits per heavy atom. The fourth-order valence-corrected chi connectivity index (χ4v) is 4.50. The first kappa shape index (κ1) is 15.8. The second-order valence-corrected chi connectivity index (χ2v) is 7.89. The molecule has 0 spiro atoms. The van der Waals surface area contributed by atoms with Crippen molar-refractivity contribution in [3.63, 3.8) is 0 Å². The minimum absolute atomic E-state index is 0.0351. The van der Waals surface area contributed by atoms with Crippen molar-refractivity contribution in [2.45, 2.75) is 35.8 Å². The van der Waals surface area contributed by atoms with Crippen LogP contribution in [0.5, 0.6) is 0 Å². The summed E-state index contributed by atoms with van der Waals surface area (Å²) in [6.45, 7) is 5.33. The first-order chi connectivity index (χ1) is 11.7. The highest BCUT2D eigenvalue weighted by atomic mass is 32.2. The summed E-state index contributed by atoms with van der Waals surface area (Å²) in [5.41, 5.74) is 0.725. The van der Waals surface area contributed by atoms with Crippen LogP contribution in [0.15, 0.2) is 50.8 Å². The van der Waals surface area contributed by atoms with Gasteiger partial charge in [-0.3, -0.25) is 4.79 Å². The van der Waals surface area contributed by atoms with E-state index in [1.807, 2.05) is 43.3 Å². The highest BCUT2D eigenvalue weighted by molar-refractivity contribution is 7.99. The minimum Gasteiger partial charge on any atom is -0.455 e. The molecule has 24 heavy (non-hydrogen) atoms. The molecule has 3 heterocycles. The molecule has 3 unspecified atom stereocenters. The van der Waals surface area contributed by atoms with Gasteiger partial charge in [0.15, 0.2) is 5.09 Å². The van der Waals surface area contributed by atoms with Gasteiger partial charge in [-0.15, -0.1) is 0 Å². The molecule has 1 N–H and O–H groups in total. The molecule has 3 atom stereocenters. The van der Waals surface area contributed by atoms with E-state index in [4.69, 9.17) is 4.42 Å². The quantitative estimate of drug-likeness (QED) is 0.923. The van der Waals surface area contributed by atoms with Gasteiger partial charge in [-0.25, -0.2) is 0 Å². The Labute approximate surface area is 146 Å². The first-order valence-electron chi connectivity index (χ1n) is 8.53. The van der Waals surface area contributed by atoms with Crippen LogP contribution in [0.3, 0.4) is 0 Å². The SMILES string of the molecule is Cc1ccc(Sc2ccc(C(=O)NC3CC4CCN(C4)C3)cc2)o1. The smallest absolute Gasteiger partial charge is 0.251 e. The van der Waals surface area contributed by atoms with Crippen LogP contribution in [-0.4, -0.2) is 36.5 Å². The first-order valence-corrected chi connectivity index (χ1v) is 9.35.